The lowest BCUT2D eigenvalue weighted by molar-refractivity contribution is 0.265. The predicted molar refractivity (Wildman–Crippen MR) is 127 cm³/mol. The number of benzene rings is 1. The van der Waals surface area contributed by atoms with Gasteiger partial charge in [-0.1, -0.05) is 24.3 Å². The van der Waals surface area contributed by atoms with E-state index in [4.69, 9.17) is 4.99 Å². The Morgan fingerprint density at radius 1 is 1.22 bits per heavy atom. The van der Waals surface area contributed by atoms with E-state index in [-0.39, 0.29) is 24.0 Å². The quantitative estimate of drug-likeness (QED) is 0.324. The molecule has 1 aromatic heterocycles. The van der Waals surface area contributed by atoms with Crippen LogP contribution in [0.1, 0.15) is 41.8 Å². The van der Waals surface area contributed by atoms with E-state index in [1.807, 2.05) is 6.20 Å². The van der Waals surface area contributed by atoms with Crippen LogP contribution in [-0.2, 0) is 19.6 Å². The van der Waals surface area contributed by atoms with Crippen LogP contribution in [0.4, 0.5) is 0 Å². The second-order valence-corrected chi connectivity index (χ2v) is 8.01. The molecule has 0 atom stereocenters. The van der Waals surface area contributed by atoms with Gasteiger partial charge in [0, 0.05) is 30.2 Å². The van der Waals surface area contributed by atoms with Gasteiger partial charge in [0.15, 0.2) is 5.96 Å². The smallest absolute Gasteiger partial charge is 0.191 e. The van der Waals surface area contributed by atoms with Crippen molar-refractivity contribution in [3.63, 3.8) is 0 Å². The first-order chi connectivity index (χ1) is 12.5. The Morgan fingerprint density at radius 3 is 2.52 bits per heavy atom. The number of rotatable bonds is 8. The SMILES string of the molecule is CCNC(=NCc1ccccc1CN(C)C(C)C)NCc1ncc(C)s1.I. The summed E-state index contributed by atoms with van der Waals surface area (Å²) in [4.78, 5) is 12.7. The van der Waals surface area contributed by atoms with Crippen LogP contribution in [0.5, 0.6) is 0 Å². The van der Waals surface area contributed by atoms with Gasteiger partial charge in [-0.3, -0.25) is 4.90 Å². The molecular formula is C20H32IN5S. The average Bonchev–Trinajstić information content (AvgIpc) is 3.03. The predicted octanol–water partition coefficient (Wildman–Crippen LogP) is 4.17. The number of halogens is 1. The molecule has 0 aliphatic heterocycles. The third-order valence-corrected chi connectivity index (χ3v) is 5.16. The maximum atomic E-state index is 4.77. The van der Waals surface area contributed by atoms with E-state index in [0.29, 0.717) is 19.1 Å². The molecule has 0 aliphatic rings. The number of nitrogens with one attached hydrogen (secondary N) is 2. The topological polar surface area (TPSA) is 52.6 Å². The second kappa shape index (κ2) is 12.3. The number of aromatic nitrogens is 1. The van der Waals surface area contributed by atoms with E-state index in [0.717, 1.165) is 24.1 Å². The molecule has 150 valence electrons. The molecule has 0 fully saturated rings. The number of thiazole rings is 1. The van der Waals surface area contributed by atoms with Gasteiger partial charge in [-0.15, -0.1) is 35.3 Å². The van der Waals surface area contributed by atoms with E-state index >= 15 is 0 Å². The van der Waals surface area contributed by atoms with Crippen molar-refractivity contribution in [1.29, 1.82) is 0 Å². The van der Waals surface area contributed by atoms with Crippen molar-refractivity contribution in [2.75, 3.05) is 13.6 Å². The van der Waals surface area contributed by atoms with Crippen molar-refractivity contribution < 1.29 is 0 Å². The van der Waals surface area contributed by atoms with Gasteiger partial charge >= 0.3 is 0 Å². The first kappa shape index (κ1) is 23.8. The summed E-state index contributed by atoms with van der Waals surface area (Å²) in [5.41, 5.74) is 2.60. The fourth-order valence-electron chi connectivity index (χ4n) is 2.47. The average molecular weight is 501 g/mol. The molecule has 0 amide bonds. The zero-order chi connectivity index (χ0) is 18.9. The van der Waals surface area contributed by atoms with Crippen LogP contribution in [0.25, 0.3) is 0 Å². The van der Waals surface area contributed by atoms with E-state index in [9.17, 15) is 0 Å². The lowest BCUT2D eigenvalue weighted by Crippen LogP contribution is -2.36. The molecule has 2 N–H and O–H groups in total. The summed E-state index contributed by atoms with van der Waals surface area (Å²) in [6, 6.07) is 9.07. The summed E-state index contributed by atoms with van der Waals surface area (Å²) in [6.45, 7) is 11.7. The Morgan fingerprint density at radius 2 is 1.93 bits per heavy atom. The molecule has 1 aromatic carbocycles. The van der Waals surface area contributed by atoms with Crippen LogP contribution in [0.15, 0.2) is 35.5 Å². The summed E-state index contributed by atoms with van der Waals surface area (Å²) in [6.07, 6.45) is 1.91. The highest BCUT2D eigenvalue weighted by atomic mass is 127. The summed E-state index contributed by atoms with van der Waals surface area (Å²) in [7, 11) is 2.16. The molecule has 0 saturated carbocycles. The van der Waals surface area contributed by atoms with Crippen molar-refractivity contribution in [3.8, 4) is 0 Å². The molecule has 0 bridgehead atoms. The monoisotopic (exact) mass is 501 g/mol. The molecule has 2 rings (SSSR count). The van der Waals surface area contributed by atoms with E-state index in [1.54, 1.807) is 11.3 Å². The minimum atomic E-state index is 0. The maximum absolute atomic E-state index is 4.77. The molecule has 0 spiro atoms. The largest absolute Gasteiger partial charge is 0.357 e. The molecular weight excluding hydrogens is 469 g/mol. The van der Waals surface area contributed by atoms with Crippen LogP contribution >= 0.6 is 35.3 Å². The zero-order valence-electron chi connectivity index (χ0n) is 17.0. The standard InChI is InChI=1S/C20H31N5S.HI/c1-6-21-20(24-13-19-22-11-16(4)26-19)23-12-17-9-7-8-10-18(17)14-25(5)15(2)3;/h7-11,15H,6,12-14H2,1-5H3,(H2,21,23,24);1H. The van der Waals surface area contributed by atoms with Crippen molar-refractivity contribution in [2.24, 2.45) is 4.99 Å². The molecule has 7 heteroatoms. The molecule has 1 heterocycles. The van der Waals surface area contributed by atoms with Gasteiger partial charge < -0.3 is 10.6 Å². The Bertz CT molecular complexity index is 714. The summed E-state index contributed by atoms with van der Waals surface area (Å²) in [5.74, 6) is 0.826. The number of hydrogen-bond acceptors (Lipinski definition) is 4. The molecule has 0 saturated heterocycles. The maximum Gasteiger partial charge on any atom is 0.191 e. The van der Waals surface area contributed by atoms with Crippen molar-refractivity contribution >= 4 is 41.3 Å². The highest BCUT2D eigenvalue weighted by Gasteiger charge is 2.08. The van der Waals surface area contributed by atoms with Gasteiger partial charge in [-0.25, -0.2) is 9.98 Å². The lowest BCUT2D eigenvalue weighted by Gasteiger charge is -2.22. The van der Waals surface area contributed by atoms with Gasteiger partial charge in [-0.2, -0.15) is 0 Å². The summed E-state index contributed by atoms with van der Waals surface area (Å²) in [5, 5.41) is 7.77. The first-order valence-electron chi connectivity index (χ1n) is 9.20. The van der Waals surface area contributed by atoms with Gasteiger partial charge in [-0.05, 0) is 45.9 Å². The fourth-order valence-corrected chi connectivity index (χ4v) is 3.19. The van der Waals surface area contributed by atoms with E-state index in [2.05, 4.69) is 79.5 Å². The Balaban J connectivity index is 0.00000364. The van der Waals surface area contributed by atoms with Crippen LogP contribution in [0, 0.1) is 6.92 Å². The highest BCUT2D eigenvalue weighted by molar-refractivity contribution is 14.0. The Labute approximate surface area is 184 Å². The third-order valence-electron chi connectivity index (χ3n) is 4.25. The highest BCUT2D eigenvalue weighted by Crippen LogP contribution is 2.14. The molecule has 5 nitrogen and oxygen atoms in total. The number of nitrogens with zero attached hydrogens (tertiary/aromatic N) is 3. The van der Waals surface area contributed by atoms with Crippen LogP contribution < -0.4 is 10.6 Å². The number of hydrogen-bond donors (Lipinski definition) is 2. The number of aliphatic imine (C=N–C) groups is 1. The third kappa shape index (κ3) is 8.15. The Kier molecular flexibility index (Phi) is 10.9. The van der Waals surface area contributed by atoms with Gasteiger partial charge in [0.1, 0.15) is 5.01 Å². The molecule has 0 aliphatic carbocycles. The minimum Gasteiger partial charge on any atom is -0.357 e. The normalized spacial score (nSPS) is 11.6. The molecule has 0 unspecified atom stereocenters. The van der Waals surface area contributed by atoms with Crippen LogP contribution in [0.2, 0.25) is 0 Å². The molecule has 27 heavy (non-hydrogen) atoms. The van der Waals surface area contributed by atoms with Crippen LogP contribution in [0.3, 0.4) is 0 Å². The van der Waals surface area contributed by atoms with Crippen molar-refractivity contribution in [1.82, 2.24) is 20.5 Å². The van der Waals surface area contributed by atoms with E-state index < -0.39 is 0 Å². The number of guanidine groups is 1. The Hall–Kier alpha value is -1.19. The van der Waals surface area contributed by atoms with Crippen molar-refractivity contribution in [3.05, 3.63) is 51.5 Å². The zero-order valence-corrected chi connectivity index (χ0v) is 20.1. The van der Waals surface area contributed by atoms with Gasteiger partial charge in [0.05, 0.1) is 13.1 Å². The molecule has 2 aromatic rings. The fraction of sp³-hybridized carbons (Fsp3) is 0.500. The summed E-state index contributed by atoms with van der Waals surface area (Å²) >= 11 is 1.71. The second-order valence-electron chi connectivity index (χ2n) is 6.69. The van der Waals surface area contributed by atoms with Gasteiger partial charge in [0.2, 0.25) is 0 Å². The van der Waals surface area contributed by atoms with Gasteiger partial charge in [0.25, 0.3) is 0 Å². The first-order valence-corrected chi connectivity index (χ1v) is 10.0. The lowest BCUT2D eigenvalue weighted by atomic mass is 10.1. The molecule has 0 radical (unpaired) electrons. The minimum absolute atomic E-state index is 0. The number of aryl methyl sites for hydroxylation is 1. The van der Waals surface area contributed by atoms with Crippen molar-refractivity contribution in [2.45, 2.75) is 53.4 Å². The van der Waals surface area contributed by atoms with Crippen LogP contribution in [-0.4, -0.2) is 35.5 Å². The summed E-state index contributed by atoms with van der Waals surface area (Å²) < 4.78 is 0. The van der Waals surface area contributed by atoms with E-state index in [1.165, 1.54) is 16.0 Å².